The lowest BCUT2D eigenvalue weighted by atomic mass is 10.2. The minimum atomic E-state index is 0.581. The minimum absolute atomic E-state index is 0.581. The van der Waals surface area contributed by atoms with E-state index in [0.717, 1.165) is 27.4 Å². The van der Waals surface area contributed by atoms with Gasteiger partial charge in [0, 0.05) is 6.42 Å². The number of nitrogens with zero attached hydrogens (tertiary/aromatic N) is 3. The van der Waals surface area contributed by atoms with Gasteiger partial charge in [-0.25, -0.2) is 9.50 Å². The minimum Gasteiger partial charge on any atom is -0.493 e. The molecule has 0 amide bonds. The number of para-hydroxylation sites is 1. The molecule has 0 fully saturated rings. The van der Waals surface area contributed by atoms with Crippen LogP contribution in [0.2, 0.25) is 0 Å². The Morgan fingerprint density at radius 1 is 1.25 bits per heavy atom. The first-order valence-corrected chi connectivity index (χ1v) is 7.22. The average molecular weight is 335 g/mol. The van der Waals surface area contributed by atoms with E-state index < -0.39 is 0 Å². The topological polar surface area (TPSA) is 55.2 Å². The molecule has 0 saturated carbocycles. The van der Waals surface area contributed by atoms with Gasteiger partial charge in [-0.05, 0) is 41.4 Å². The molecule has 3 rings (SSSR count). The Morgan fingerprint density at radius 2 is 2.05 bits per heavy atom. The third-order valence-corrected chi connectivity index (χ3v) is 4.06. The van der Waals surface area contributed by atoms with Gasteiger partial charge < -0.3 is 4.74 Å². The van der Waals surface area contributed by atoms with Crippen LogP contribution >= 0.6 is 15.9 Å². The third kappa shape index (κ3) is 2.43. The van der Waals surface area contributed by atoms with E-state index in [1.807, 2.05) is 42.6 Å². The van der Waals surface area contributed by atoms with Gasteiger partial charge in [0.15, 0.2) is 0 Å². The smallest absolute Gasteiger partial charge is 0.251 e. The Hall–Kier alpha value is -1.82. The van der Waals surface area contributed by atoms with Gasteiger partial charge in [-0.1, -0.05) is 18.2 Å². The van der Waals surface area contributed by atoms with Crippen molar-refractivity contribution in [1.82, 2.24) is 19.6 Å². The molecule has 0 aliphatic carbocycles. The molecule has 5 nitrogen and oxygen atoms in total. The van der Waals surface area contributed by atoms with E-state index in [0.29, 0.717) is 18.8 Å². The summed E-state index contributed by atoms with van der Waals surface area (Å²) in [4.78, 5) is 8.78. The van der Waals surface area contributed by atoms with Crippen molar-refractivity contribution < 1.29 is 4.74 Å². The number of aromatic amines is 1. The molecule has 3 aromatic rings. The van der Waals surface area contributed by atoms with Crippen LogP contribution in [0.5, 0.6) is 5.75 Å². The number of halogens is 1. The average Bonchev–Trinajstić information content (AvgIpc) is 2.93. The van der Waals surface area contributed by atoms with E-state index in [9.17, 15) is 0 Å². The standard InChI is InChI=1S/C14H15BrN4O/c1-9-5-3-4-6-11(9)20-8-7-12-17-14-16-10(2)13(15)19(14)18-12/h3-6H,7-8H2,1-2H3,(H,16,17,18). The van der Waals surface area contributed by atoms with Crippen molar-refractivity contribution in [2.75, 3.05) is 6.61 Å². The molecular formula is C14H15BrN4O. The number of fused-ring (bicyclic) bond motifs is 1. The first-order chi connectivity index (χ1) is 9.65. The van der Waals surface area contributed by atoms with Crippen molar-refractivity contribution in [2.24, 2.45) is 0 Å². The summed E-state index contributed by atoms with van der Waals surface area (Å²) in [5.74, 6) is 2.46. The molecule has 0 radical (unpaired) electrons. The van der Waals surface area contributed by atoms with E-state index in [1.54, 1.807) is 0 Å². The Labute approximate surface area is 125 Å². The predicted octanol–water partition coefficient (Wildman–Crippen LogP) is 3.06. The van der Waals surface area contributed by atoms with E-state index in [1.165, 1.54) is 0 Å². The number of aromatic nitrogens is 4. The fourth-order valence-electron chi connectivity index (χ4n) is 2.03. The number of benzene rings is 1. The molecule has 2 aromatic heterocycles. The van der Waals surface area contributed by atoms with E-state index in [-0.39, 0.29) is 0 Å². The van der Waals surface area contributed by atoms with Crippen LogP contribution in [0.15, 0.2) is 28.9 Å². The van der Waals surface area contributed by atoms with E-state index in [2.05, 4.69) is 31.0 Å². The molecule has 0 atom stereocenters. The highest BCUT2D eigenvalue weighted by Crippen LogP contribution is 2.18. The van der Waals surface area contributed by atoms with Crippen LogP contribution in [0, 0.1) is 13.8 Å². The van der Waals surface area contributed by atoms with Gasteiger partial charge in [-0.15, -0.1) is 0 Å². The van der Waals surface area contributed by atoms with Crippen LogP contribution in [0.3, 0.4) is 0 Å². The third-order valence-electron chi connectivity index (χ3n) is 3.13. The largest absolute Gasteiger partial charge is 0.493 e. The summed E-state index contributed by atoms with van der Waals surface area (Å²) in [5, 5.41) is 3.20. The van der Waals surface area contributed by atoms with Crippen LogP contribution in [0.25, 0.3) is 5.78 Å². The maximum atomic E-state index is 5.77. The van der Waals surface area contributed by atoms with Crippen molar-refractivity contribution in [3.05, 3.63) is 46.0 Å². The van der Waals surface area contributed by atoms with Gasteiger partial charge in [0.2, 0.25) is 0 Å². The number of hydrogen-bond acceptors (Lipinski definition) is 3. The molecular weight excluding hydrogens is 320 g/mol. The van der Waals surface area contributed by atoms with Crippen molar-refractivity contribution in [3.63, 3.8) is 0 Å². The Morgan fingerprint density at radius 3 is 2.80 bits per heavy atom. The van der Waals surface area contributed by atoms with Crippen LogP contribution in [0.4, 0.5) is 0 Å². The lowest BCUT2D eigenvalue weighted by Gasteiger charge is -2.07. The number of H-pyrrole nitrogens is 1. The van der Waals surface area contributed by atoms with Crippen molar-refractivity contribution in [2.45, 2.75) is 20.3 Å². The summed E-state index contributed by atoms with van der Waals surface area (Å²) < 4.78 is 8.51. The number of aryl methyl sites for hydroxylation is 2. The molecule has 0 bridgehead atoms. The molecule has 104 valence electrons. The normalized spacial score (nSPS) is 11.2. The maximum Gasteiger partial charge on any atom is 0.251 e. The lowest BCUT2D eigenvalue weighted by molar-refractivity contribution is 0.317. The fraction of sp³-hybridized carbons (Fsp3) is 0.286. The molecule has 6 heteroatoms. The van der Waals surface area contributed by atoms with Gasteiger partial charge in [0.05, 0.1) is 12.3 Å². The summed E-state index contributed by atoms with van der Waals surface area (Å²) in [6, 6.07) is 7.99. The summed E-state index contributed by atoms with van der Waals surface area (Å²) in [6.07, 6.45) is 0.711. The number of ether oxygens (including phenoxy) is 1. The van der Waals surface area contributed by atoms with Gasteiger partial charge in [0.25, 0.3) is 5.78 Å². The van der Waals surface area contributed by atoms with Crippen LogP contribution < -0.4 is 4.74 Å². The molecule has 2 heterocycles. The summed E-state index contributed by atoms with van der Waals surface area (Å²) >= 11 is 3.48. The Kier molecular flexibility index (Phi) is 3.48. The van der Waals surface area contributed by atoms with Crippen LogP contribution in [-0.2, 0) is 6.42 Å². The molecule has 0 aliphatic rings. The highest BCUT2D eigenvalue weighted by Gasteiger charge is 2.10. The second-order valence-corrected chi connectivity index (χ2v) is 5.41. The molecule has 0 saturated heterocycles. The van der Waals surface area contributed by atoms with Crippen molar-refractivity contribution in [3.8, 4) is 5.75 Å². The summed E-state index contributed by atoms with van der Waals surface area (Å²) in [6.45, 7) is 4.56. The zero-order valence-corrected chi connectivity index (χ0v) is 12.9. The first kappa shape index (κ1) is 13.2. The van der Waals surface area contributed by atoms with Crippen LogP contribution in [0.1, 0.15) is 17.1 Å². The van der Waals surface area contributed by atoms with Gasteiger partial charge in [0.1, 0.15) is 16.2 Å². The second kappa shape index (κ2) is 5.28. The summed E-state index contributed by atoms with van der Waals surface area (Å²) in [7, 11) is 0. The van der Waals surface area contributed by atoms with Gasteiger partial charge in [-0.2, -0.15) is 4.98 Å². The molecule has 1 N–H and O–H groups in total. The molecule has 0 unspecified atom stereocenters. The van der Waals surface area contributed by atoms with Gasteiger partial charge >= 0.3 is 0 Å². The van der Waals surface area contributed by atoms with Crippen LogP contribution in [-0.4, -0.2) is 26.2 Å². The first-order valence-electron chi connectivity index (χ1n) is 6.43. The zero-order chi connectivity index (χ0) is 14.1. The van der Waals surface area contributed by atoms with E-state index >= 15 is 0 Å². The lowest BCUT2D eigenvalue weighted by Crippen LogP contribution is -2.04. The monoisotopic (exact) mass is 334 g/mol. The Balaban J connectivity index is 1.67. The number of rotatable bonds is 4. The molecule has 0 aliphatic heterocycles. The zero-order valence-electron chi connectivity index (χ0n) is 11.4. The highest BCUT2D eigenvalue weighted by atomic mass is 79.9. The maximum absolute atomic E-state index is 5.77. The molecule has 1 aromatic carbocycles. The summed E-state index contributed by atoms with van der Waals surface area (Å²) in [5.41, 5.74) is 2.06. The van der Waals surface area contributed by atoms with Crippen molar-refractivity contribution >= 4 is 21.7 Å². The fourth-order valence-corrected chi connectivity index (χ4v) is 2.37. The molecule has 0 spiro atoms. The van der Waals surface area contributed by atoms with Crippen molar-refractivity contribution in [1.29, 1.82) is 0 Å². The predicted molar refractivity (Wildman–Crippen MR) is 80.2 cm³/mol. The van der Waals surface area contributed by atoms with E-state index in [4.69, 9.17) is 4.74 Å². The Bertz CT molecular complexity index is 747. The number of hydrogen-bond donors (Lipinski definition) is 1. The van der Waals surface area contributed by atoms with Gasteiger partial charge in [-0.3, -0.25) is 5.10 Å². The number of imidazole rings is 1. The SMILES string of the molecule is Cc1ccccc1OCCc1nc2nc(C)c(Br)n2[nH]1. The molecule has 20 heavy (non-hydrogen) atoms. The quantitative estimate of drug-likeness (QED) is 0.797. The second-order valence-electron chi connectivity index (χ2n) is 4.66. The number of nitrogens with one attached hydrogen (secondary N) is 1. The highest BCUT2D eigenvalue weighted by molar-refractivity contribution is 9.10.